The van der Waals surface area contributed by atoms with Crippen LogP contribution in [0, 0.1) is 0 Å². The molecule has 23 heavy (non-hydrogen) atoms. The zero-order valence-electron chi connectivity index (χ0n) is 13.8. The zero-order chi connectivity index (χ0) is 17.3. The third kappa shape index (κ3) is 7.31. The van der Waals surface area contributed by atoms with Crippen LogP contribution in [0.25, 0.3) is 0 Å². The number of alkyl carbamates (subject to hydrolysis) is 1. The molecule has 2 N–H and O–H groups in total. The van der Waals surface area contributed by atoms with E-state index in [1.54, 1.807) is 32.9 Å². The molecule has 5 heteroatoms. The van der Waals surface area contributed by atoms with E-state index >= 15 is 0 Å². The van der Waals surface area contributed by atoms with Gasteiger partial charge in [-0.05, 0) is 32.4 Å². The van der Waals surface area contributed by atoms with E-state index in [4.69, 9.17) is 4.74 Å². The Bertz CT molecular complexity index is 559. The first kappa shape index (κ1) is 18.5. The molecule has 0 saturated carbocycles. The van der Waals surface area contributed by atoms with Crippen LogP contribution in [0.3, 0.4) is 0 Å². The first-order chi connectivity index (χ1) is 10.8. The molecule has 2 amide bonds. The van der Waals surface area contributed by atoms with Crippen LogP contribution in [-0.4, -0.2) is 24.1 Å². The molecule has 0 aliphatic carbocycles. The Kier molecular flexibility index (Phi) is 7.06. The smallest absolute Gasteiger partial charge is 0.407 e. The molecule has 1 aromatic carbocycles. The Morgan fingerprint density at radius 3 is 2.48 bits per heavy atom. The van der Waals surface area contributed by atoms with Gasteiger partial charge in [-0.15, -0.1) is 0 Å². The predicted molar refractivity (Wildman–Crippen MR) is 90.9 cm³/mol. The van der Waals surface area contributed by atoms with Gasteiger partial charge in [-0.25, -0.2) is 4.79 Å². The van der Waals surface area contributed by atoms with E-state index in [0.717, 1.165) is 5.56 Å². The Morgan fingerprint density at radius 2 is 1.91 bits per heavy atom. The van der Waals surface area contributed by atoms with Crippen LogP contribution < -0.4 is 10.6 Å². The predicted octanol–water partition coefficient (Wildman–Crippen LogP) is 3.11. The van der Waals surface area contributed by atoms with Crippen molar-refractivity contribution >= 4 is 12.0 Å². The summed E-state index contributed by atoms with van der Waals surface area (Å²) in [5.41, 5.74) is 0.231. The summed E-state index contributed by atoms with van der Waals surface area (Å²) >= 11 is 0. The second-order valence-corrected chi connectivity index (χ2v) is 5.95. The number of hydrogen-bond donors (Lipinski definition) is 2. The molecule has 0 bridgehead atoms. The highest BCUT2D eigenvalue weighted by Crippen LogP contribution is 2.15. The van der Waals surface area contributed by atoms with Gasteiger partial charge in [0.05, 0.1) is 5.92 Å². The average Bonchev–Trinajstić information content (AvgIpc) is 2.47. The van der Waals surface area contributed by atoms with E-state index in [1.165, 1.54) is 6.20 Å². The summed E-state index contributed by atoms with van der Waals surface area (Å²) in [5, 5.41) is 5.31. The van der Waals surface area contributed by atoms with Crippen LogP contribution in [0.2, 0.25) is 0 Å². The van der Waals surface area contributed by atoms with Crippen molar-refractivity contribution < 1.29 is 14.3 Å². The molecular formula is C18H24N2O3. The monoisotopic (exact) mass is 316 g/mol. The molecule has 0 aliphatic heterocycles. The van der Waals surface area contributed by atoms with Crippen LogP contribution in [0.4, 0.5) is 4.79 Å². The minimum absolute atomic E-state index is 0.146. The van der Waals surface area contributed by atoms with E-state index in [0.29, 0.717) is 0 Å². The van der Waals surface area contributed by atoms with Crippen molar-refractivity contribution in [2.24, 2.45) is 0 Å². The van der Waals surface area contributed by atoms with Crippen molar-refractivity contribution in [3.05, 3.63) is 60.8 Å². The van der Waals surface area contributed by atoms with E-state index < -0.39 is 17.6 Å². The van der Waals surface area contributed by atoms with Gasteiger partial charge in [0.25, 0.3) is 0 Å². The lowest BCUT2D eigenvalue weighted by Gasteiger charge is -2.21. The molecule has 1 aromatic rings. The molecule has 124 valence electrons. The number of amides is 2. The van der Waals surface area contributed by atoms with Crippen molar-refractivity contribution in [2.75, 3.05) is 6.54 Å². The first-order valence-electron chi connectivity index (χ1n) is 7.43. The molecule has 1 atom stereocenters. The van der Waals surface area contributed by atoms with Crippen molar-refractivity contribution in [2.45, 2.75) is 32.3 Å². The summed E-state index contributed by atoms with van der Waals surface area (Å²) in [4.78, 5) is 24.1. The topological polar surface area (TPSA) is 67.4 Å². The molecule has 1 unspecified atom stereocenters. The molecule has 5 nitrogen and oxygen atoms in total. The Morgan fingerprint density at radius 1 is 1.26 bits per heavy atom. The van der Waals surface area contributed by atoms with Gasteiger partial charge in [-0.2, -0.15) is 0 Å². The summed E-state index contributed by atoms with van der Waals surface area (Å²) in [6.07, 6.45) is 4.16. The van der Waals surface area contributed by atoms with Crippen LogP contribution in [0.15, 0.2) is 55.3 Å². The number of hydrogen-bond acceptors (Lipinski definition) is 3. The van der Waals surface area contributed by atoms with Gasteiger partial charge >= 0.3 is 6.09 Å². The molecule has 0 spiro atoms. The van der Waals surface area contributed by atoms with Crippen LogP contribution in [0.1, 0.15) is 32.3 Å². The maximum atomic E-state index is 12.3. The molecule has 0 aliphatic rings. The highest BCUT2D eigenvalue weighted by Gasteiger charge is 2.22. The van der Waals surface area contributed by atoms with Gasteiger partial charge < -0.3 is 15.4 Å². The van der Waals surface area contributed by atoms with Crippen molar-refractivity contribution in [3.63, 3.8) is 0 Å². The van der Waals surface area contributed by atoms with Gasteiger partial charge in [0.2, 0.25) is 5.91 Å². The summed E-state index contributed by atoms with van der Waals surface area (Å²) in [5.74, 6) is -0.733. The Labute approximate surface area is 137 Å². The van der Waals surface area contributed by atoms with Crippen molar-refractivity contribution in [1.29, 1.82) is 0 Å². The number of nitrogens with one attached hydrogen (secondary N) is 2. The molecule has 0 fully saturated rings. The summed E-state index contributed by atoms with van der Waals surface area (Å²) in [6, 6.07) is 9.26. The minimum atomic E-state index is -0.582. The third-order valence-electron chi connectivity index (χ3n) is 2.83. The summed E-state index contributed by atoms with van der Waals surface area (Å²) < 4.78 is 5.19. The number of carbonyl (C=O) groups is 2. The van der Waals surface area contributed by atoms with E-state index in [-0.39, 0.29) is 12.5 Å². The van der Waals surface area contributed by atoms with Crippen molar-refractivity contribution in [3.8, 4) is 0 Å². The number of carbonyl (C=O) groups excluding carboxylic acids is 2. The Hall–Kier alpha value is -2.56. The van der Waals surface area contributed by atoms with Gasteiger partial charge in [0, 0.05) is 12.7 Å². The molecular weight excluding hydrogens is 292 g/mol. The third-order valence-corrected chi connectivity index (χ3v) is 2.83. The quantitative estimate of drug-likeness (QED) is 0.792. The van der Waals surface area contributed by atoms with Gasteiger partial charge in [0.1, 0.15) is 5.60 Å². The molecule has 1 rings (SSSR count). The Balaban J connectivity index is 2.76. The van der Waals surface area contributed by atoms with E-state index in [2.05, 4.69) is 17.2 Å². The molecule has 0 aromatic heterocycles. The van der Waals surface area contributed by atoms with Gasteiger partial charge in [-0.1, -0.05) is 43.0 Å². The fourth-order valence-electron chi connectivity index (χ4n) is 1.85. The molecule has 0 radical (unpaired) electrons. The summed E-state index contributed by atoms with van der Waals surface area (Å²) in [7, 11) is 0. The lowest BCUT2D eigenvalue weighted by atomic mass is 9.98. The van der Waals surface area contributed by atoms with Crippen LogP contribution in [0.5, 0.6) is 0 Å². The lowest BCUT2D eigenvalue weighted by Crippen LogP contribution is -2.38. The molecule has 0 heterocycles. The maximum Gasteiger partial charge on any atom is 0.407 e. The van der Waals surface area contributed by atoms with Crippen LogP contribution in [-0.2, 0) is 9.53 Å². The van der Waals surface area contributed by atoms with Gasteiger partial charge in [-0.3, -0.25) is 4.79 Å². The highest BCUT2D eigenvalue weighted by molar-refractivity contribution is 5.85. The number of benzene rings is 1. The van der Waals surface area contributed by atoms with E-state index in [1.807, 2.05) is 30.3 Å². The fourth-order valence-corrected chi connectivity index (χ4v) is 1.85. The first-order valence-corrected chi connectivity index (χ1v) is 7.43. The summed E-state index contributed by atoms with van der Waals surface area (Å²) in [6.45, 7) is 9.05. The lowest BCUT2D eigenvalue weighted by molar-refractivity contribution is -0.121. The van der Waals surface area contributed by atoms with Gasteiger partial charge in [0.15, 0.2) is 0 Å². The highest BCUT2D eigenvalue weighted by atomic mass is 16.6. The second kappa shape index (κ2) is 8.78. The number of allylic oxidation sites excluding steroid dienone is 2. The minimum Gasteiger partial charge on any atom is -0.444 e. The normalized spacial score (nSPS) is 12.5. The van der Waals surface area contributed by atoms with E-state index in [9.17, 15) is 9.59 Å². The SMILES string of the molecule is C=C/C=C/NC(=O)C(CNC(=O)OC(C)(C)C)c1ccccc1. The largest absolute Gasteiger partial charge is 0.444 e. The van der Waals surface area contributed by atoms with Crippen molar-refractivity contribution in [1.82, 2.24) is 10.6 Å². The maximum absolute atomic E-state index is 12.3. The second-order valence-electron chi connectivity index (χ2n) is 5.95. The average molecular weight is 316 g/mol. The number of ether oxygens (including phenoxy) is 1. The zero-order valence-corrected chi connectivity index (χ0v) is 13.8. The molecule has 0 saturated heterocycles. The standard InChI is InChI=1S/C18H24N2O3/c1-5-6-12-19-16(21)15(14-10-8-7-9-11-14)13-20-17(22)23-18(2,3)4/h5-12,15H,1,13H2,2-4H3,(H,19,21)(H,20,22)/b12-6+. The number of rotatable bonds is 6. The fraction of sp³-hybridized carbons (Fsp3) is 0.333. The van der Waals surface area contributed by atoms with Crippen LogP contribution >= 0.6 is 0 Å².